The summed E-state index contributed by atoms with van der Waals surface area (Å²) in [6.07, 6.45) is 3.03. The van der Waals surface area contributed by atoms with Crippen molar-refractivity contribution < 1.29 is 9.53 Å². The largest absolute Gasteiger partial charge is 0.444 e. The quantitative estimate of drug-likeness (QED) is 0.856. The summed E-state index contributed by atoms with van der Waals surface area (Å²) >= 11 is 0. The molecule has 1 fully saturated rings. The molecule has 1 aromatic heterocycles. The molecule has 0 aliphatic carbocycles. The molecule has 0 unspecified atom stereocenters. The van der Waals surface area contributed by atoms with Gasteiger partial charge < -0.3 is 14.5 Å². The van der Waals surface area contributed by atoms with Crippen LogP contribution < -0.4 is 4.90 Å². The second-order valence-corrected chi connectivity index (χ2v) is 7.18. The van der Waals surface area contributed by atoms with E-state index in [-0.39, 0.29) is 6.09 Å². The number of hydrogen-bond acceptors (Lipinski definition) is 5. The third-order valence-electron chi connectivity index (χ3n) is 4.06. The lowest BCUT2D eigenvalue weighted by atomic mass is 10.1. The first kappa shape index (κ1) is 17.3. The standard InChI is InChI=1S/C18H25N5O2/c1-18(2,3)25-17(24)22-10-8-21(9-11-22)16-7-5-4-6-15(16)12-23-14-19-13-20-23/h4-7,13-14H,8-12H2,1-3H3. The molecule has 134 valence electrons. The van der Waals surface area contributed by atoms with Crippen molar-refractivity contribution in [2.24, 2.45) is 0 Å². The molecule has 7 heteroatoms. The van der Waals surface area contributed by atoms with Crippen molar-refractivity contribution >= 4 is 11.8 Å². The molecule has 1 aromatic carbocycles. The van der Waals surface area contributed by atoms with E-state index >= 15 is 0 Å². The van der Waals surface area contributed by atoms with Crippen LogP contribution in [0.3, 0.4) is 0 Å². The van der Waals surface area contributed by atoms with E-state index in [0.717, 1.165) is 13.1 Å². The van der Waals surface area contributed by atoms with Crippen LogP contribution in [0.25, 0.3) is 0 Å². The monoisotopic (exact) mass is 343 g/mol. The number of amides is 1. The van der Waals surface area contributed by atoms with E-state index in [2.05, 4.69) is 27.1 Å². The number of carbonyl (C=O) groups is 1. The first-order valence-electron chi connectivity index (χ1n) is 8.55. The van der Waals surface area contributed by atoms with Crippen molar-refractivity contribution in [3.05, 3.63) is 42.5 Å². The SMILES string of the molecule is CC(C)(C)OC(=O)N1CCN(c2ccccc2Cn2cncn2)CC1. The number of aromatic nitrogens is 3. The minimum absolute atomic E-state index is 0.233. The third-order valence-corrected chi connectivity index (χ3v) is 4.06. The molecule has 0 radical (unpaired) electrons. The maximum atomic E-state index is 12.2. The van der Waals surface area contributed by atoms with Crippen LogP contribution in [0.5, 0.6) is 0 Å². The van der Waals surface area contributed by atoms with E-state index in [9.17, 15) is 4.79 Å². The molecular weight excluding hydrogens is 318 g/mol. The van der Waals surface area contributed by atoms with E-state index in [4.69, 9.17) is 4.74 Å². The highest BCUT2D eigenvalue weighted by Crippen LogP contribution is 2.23. The molecule has 0 N–H and O–H groups in total. The number of anilines is 1. The second kappa shape index (κ2) is 7.13. The smallest absolute Gasteiger partial charge is 0.410 e. The number of ether oxygens (including phenoxy) is 1. The number of carbonyl (C=O) groups excluding carboxylic acids is 1. The van der Waals surface area contributed by atoms with Gasteiger partial charge in [0.1, 0.15) is 18.3 Å². The van der Waals surface area contributed by atoms with Crippen molar-refractivity contribution in [1.29, 1.82) is 0 Å². The highest BCUT2D eigenvalue weighted by molar-refractivity contribution is 5.68. The Hall–Kier alpha value is -2.57. The zero-order valence-electron chi connectivity index (χ0n) is 15.1. The Morgan fingerprint density at radius 3 is 2.52 bits per heavy atom. The minimum atomic E-state index is -0.460. The summed E-state index contributed by atoms with van der Waals surface area (Å²) < 4.78 is 7.28. The van der Waals surface area contributed by atoms with E-state index < -0.39 is 5.60 Å². The summed E-state index contributed by atoms with van der Waals surface area (Å²) in [5, 5.41) is 4.18. The summed E-state index contributed by atoms with van der Waals surface area (Å²) in [4.78, 5) is 20.3. The Bertz CT molecular complexity index is 701. The van der Waals surface area contributed by atoms with Gasteiger partial charge in [0, 0.05) is 31.9 Å². The van der Waals surface area contributed by atoms with Gasteiger partial charge in [-0.1, -0.05) is 18.2 Å². The summed E-state index contributed by atoms with van der Waals surface area (Å²) in [5.41, 5.74) is 1.92. The molecule has 3 rings (SSSR count). The average Bonchev–Trinajstić information content (AvgIpc) is 3.07. The molecule has 25 heavy (non-hydrogen) atoms. The van der Waals surface area contributed by atoms with Gasteiger partial charge in [0.2, 0.25) is 0 Å². The number of rotatable bonds is 3. The summed E-state index contributed by atoms with van der Waals surface area (Å²) in [5.74, 6) is 0. The van der Waals surface area contributed by atoms with E-state index in [1.807, 2.05) is 37.6 Å². The normalized spacial score (nSPS) is 15.3. The highest BCUT2D eigenvalue weighted by Gasteiger charge is 2.26. The van der Waals surface area contributed by atoms with Crippen LogP contribution in [0, 0.1) is 0 Å². The fourth-order valence-electron chi connectivity index (χ4n) is 2.90. The Labute approximate surface area is 148 Å². The van der Waals surface area contributed by atoms with Gasteiger partial charge in [-0.3, -0.25) is 0 Å². The van der Waals surface area contributed by atoms with Crippen LogP contribution in [-0.4, -0.2) is 57.5 Å². The van der Waals surface area contributed by atoms with Gasteiger partial charge in [-0.15, -0.1) is 0 Å². The third kappa shape index (κ3) is 4.49. The number of hydrogen-bond donors (Lipinski definition) is 0. The Kier molecular flexibility index (Phi) is 4.92. The summed E-state index contributed by atoms with van der Waals surface area (Å²) in [7, 11) is 0. The number of piperazine rings is 1. The molecule has 1 aliphatic rings. The first-order chi connectivity index (χ1) is 11.9. The Balaban J connectivity index is 1.64. The molecule has 2 heterocycles. The molecule has 0 atom stereocenters. The second-order valence-electron chi connectivity index (χ2n) is 7.18. The van der Waals surface area contributed by atoms with Crippen LogP contribution in [0.4, 0.5) is 10.5 Å². The molecule has 1 aliphatic heterocycles. The highest BCUT2D eigenvalue weighted by atomic mass is 16.6. The fraction of sp³-hybridized carbons (Fsp3) is 0.500. The van der Waals surface area contributed by atoms with Gasteiger partial charge in [0.15, 0.2) is 0 Å². The lowest BCUT2D eigenvalue weighted by Crippen LogP contribution is -2.50. The Morgan fingerprint density at radius 1 is 1.16 bits per heavy atom. The topological polar surface area (TPSA) is 63.5 Å². The van der Waals surface area contributed by atoms with E-state index in [0.29, 0.717) is 19.6 Å². The van der Waals surface area contributed by atoms with Crippen molar-refractivity contribution in [3.63, 3.8) is 0 Å². The number of nitrogens with zero attached hydrogens (tertiary/aromatic N) is 5. The van der Waals surface area contributed by atoms with Crippen LogP contribution in [0.2, 0.25) is 0 Å². The van der Waals surface area contributed by atoms with Gasteiger partial charge in [0.05, 0.1) is 6.54 Å². The molecule has 1 saturated heterocycles. The lowest BCUT2D eigenvalue weighted by molar-refractivity contribution is 0.0240. The van der Waals surface area contributed by atoms with Crippen LogP contribution >= 0.6 is 0 Å². The van der Waals surface area contributed by atoms with Gasteiger partial charge in [0.25, 0.3) is 0 Å². The van der Waals surface area contributed by atoms with Crippen LogP contribution in [0.15, 0.2) is 36.9 Å². The van der Waals surface area contributed by atoms with Crippen molar-refractivity contribution in [3.8, 4) is 0 Å². The molecule has 0 bridgehead atoms. The number of benzene rings is 1. The van der Waals surface area contributed by atoms with E-state index in [1.54, 1.807) is 17.6 Å². The van der Waals surface area contributed by atoms with Crippen molar-refractivity contribution in [2.45, 2.75) is 32.9 Å². The predicted molar refractivity (Wildman–Crippen MR) is 95.6 cm³/mol. The lowest BCUT2D eigenvalue weighted by Gasteiger charge is -2.37. The maximum Gasteiger partial charge on any atom is 0.410 e. The van der Waals surface area contributed by atoms with Gasteiger partial charge >= 0.3 is 6.09 Å². The fourth-order valence-corrected chi connectivity index (χ4v) is 2.90. The molecule has 7 nitrogen and oxygen atoms in total. The Morgan fingerprint density at radius 2 is 1.88 bits per heavy atom. The first-order valence-corrected chi connectivity index (χ1v) is 8.55. The zero-order chi connectivity index (χ0) is 17.9. The van der Waals surface area contributed by atoms with Gasteiger partial charge in [-0.25, -0.2) is 14.5 Å². The van der Waals surface area contributed by atoms with Gasteiger partial charge in [-0.2, -0.15) is 5.10 Å². The molecule has 2 aromatic rings. The molecule has 1 amide bonds. The van der Waals surface area contributed by atoms with E-state index in [1.165, 1.54) is 11.3 Å². The average molecular weight is 343 g/mol. The van der Waals surface area contributed by atoms with Crippen molar-refractivity contribution in [1.82, 2.24) is 19.7 Å². The predicted octanol–water partition coefficient (Wildman–Crippen LogP) is 2.38. The molecule has 0 saturated carbocycles. The zero-order valence-corrected chi connectivity index (χ0v) is 15.1. The van der Waals surface area contributed by atoms with Crippen LogP contribution in [-0.2, 0) is 11.3 Å². The number of para-hydroxylation sites is 1. The van der Waals surface area contributed by atoms with Crippen LogP contribution in [0.1, 0.15) is 26.3 Å². The molecule has 0 spiro atoms. The van der Waals surface area contributed by atoms with Gasteiger partial charge in [-0.05, 0) is 32.4 Å². The summed E-state index contributed by atoms with van der Waals surface area (Å²) in [6, 6.07) is 8.31. The molecular formula is C18H25N5O2. The minimum Gasteiger partial charge on any atom is -0.444 e. The van der Waals surface area contributed by atoms with Crippen molar-refractivity contribution in [2.75, 3.05) is 31.1 Å². The maximum absolute atomic E-state index is 12.2. The summed E-state index contributed by atoms with van der Waals surface area (Å²) in [6.45, 7) is 9.24.